The molecular formula is C20H28N4O. The van der Waals surface area contributed by atoms with E-state index in [9.17, 15) is 5.11 Å². The summed E-state index contributed by atoms with van der Waals surface area (Å²) >= 11 is 0. The van der Waals surface area contributed by atoms with Crippen LogP contribution in [0.1, 0.15) is 24.1 Å². The van der Waals surface area contributed by atoms with E-state index in [-0.39, 0.29) is 5.41 Å². The quantitative estimate of drug-likeness (QED) is 0.875. The molecule has 2 aliphatic rings. The van der Waals surface area contributed by atoms with Gasteiger partial charge in [0.15, 0.2) is 0 Å². The van der Waals surface area contributed by atoms with E-state index >= 15 is 0 Å². The molecule has 2 aromatic rings. The van der Waals surface area contributed by atoms with E-state index in [0.29, 0.717) is 12.5 Å². The number of aliphatic hydroxyl groups excluding tert-OH is 1. The lowest BCUT2D eigenvalue weighted by atomic mass is 9.71. The number of hydrogen-bond acceptors (Lipinski definition) is 4. The van der Waals surface area contributed by atoms with Crippen molar-refractivity contribution >= 4 is 0 Å². The van der Waals surface area contributed by atoms with Gasteiger partial charge in [-0.3, -0.25) is 9.80 Å². The summed E-state index contributed by atoms with van der Waals surface area (Å²) in [6, 6.07) is 10.7. The number of piperidine rings is 1. The van der Waals surface area contributed by atoms with Crippen LogP contribution in [0.4, 0.5) is 0 Å². The average Bonchev–Trinajstić information content (AvgIpc) is 3.26. The fourth-order valence-corrected chi connectivity index (χ4v) is 4.69. The number of aliphatic hydroxyl groups is 1. The molecule has 2 fully saturated rings. The number of likely N-dealkylation sites (tertiary alicyclic amines) is 2. The van der Waals surface area contributed by atoms with Crippen LogP contribution in [0.15, 0.2) is 42.9 Å². The lowest BCUT2D eigenvalue weighted by molar-refractivity contribution is 0.0478. The predicted octanol–water partition coefficient (Wildman–Crippen LogP) is 2.12. The first-order chi connectivity index (χ1) is 12.3. The molecule has 5 heteroatoms. The Labute approximate surface area is 149 Å². The van der Waals surface area contributed by atoms with Gasteiger partial charge in [0.2, 0.25) is 0 Å². The number of H-pyrrole nitrogens is 1. The molecule has 3 heterocycles. The molecule has 1 spiro atoms. The fraction of sp³-hybridized carbons (Fsp3) is 0.550. The molecule has 4 rings (SSSR count). The van der Waals surface area contributed by atoms with Crippen LogP contribution in [-0.2, 0) is 13.1 Å². The van der Waals surface area contributed by atoms with Crippen molar-refractivity contribution in [1.82, 2.24) is 19.8 Å². The van der Waals surface area contributed by atoms with E-state index in [2.05, 4.69) is 50.1 Å². The second-order valence-electron chi connectivity index (χ2n) is 7.75. The van der Waals surface area contributed by atoms with Gasteiger partial charge < -0.3 is 10.1 Å². The Kier molecular flexibility index (Phi) is 4.88. The maximum Gasteiger partial charge on any atom is 0.0922 e. The van der Waals surface area contributed by atoms with Gasteiger partial charge in [-0.1, -0.05) is 30.3 Å². The highest BCUT2D eigenvalue weighted by Crippen LogP contribution is 2.45. The minimum Gasteiger partial charge on any atom is -0.396 e. The molecule has 2 N–H and O–H groups in total. The van der Waals surface area contributed by atoms with Crippen LogP contribution < -0.4 is 0 Å². The highest BCUT2D eigenvalue weighted by Gasteiger charge is 2.47. The maximum absolute atomic E-state index is 9.99. The van der Waals surface area contributed by atoms with Gasteiger partial charge in [0.1, 0.15) is 0 Å². The lowest BCUT2D eigenvalue weighted by Gasteiger charge is -2.42. The summed E-state index contributed by atoms with van der Waals surface area (Å²) in [5.41, 5.74) is 2.84. The summed E-state index contributed by atoms with van der Waals surface area (Å²) in [6.07, 6.45) is 6.02. The van der Waals surface area contributed by atoms with Crippen LogP contribution in [0.25, 0.3) is 0 Å². The lowest BCUT2D eigenvalue weighted by Crippen LogP contribution is -2.44. The van der Waals surface area contributed by atoms with E-state index in [1.807, 2.05) is 6.20 Å². The zero-order valence-corrected chi connectivity index (χ0v) is 14.8. The number of rotatable bonds is 5. The van der Waals surface area contributed by atoms with Gasteiger partial charge in [0, 0.05) is 50.6 Å². The molecule has 0 amide bonds. The Morgan fingerprint density at radius 1 is 1.12 bits per heavy atom. The van der Waals surface area contributed by atoms with Crippen molar-refractivity contribution in [3.05, 3.63) is 54.1 Å². The number of hydrogen-bond donors (Lipinski definition) is 2. The Hall–Kier alpha value is -1.69. The summed E-state index contributed by atoms with van der Waals surface area (Å²) in [7, 11) is 0. The highest BCUT2D eigenvalue weighted by molar-refractivity contribution is 5.15. The van der Waals surface area contributed by atoms with Gasteiger partial charge in [-0.2, -0.15) is 0 Å². The average molecular weight is 340 g/mol. The molecule has 1 aromatic carbocycles. The van der Waals surface area contributed by atoms with Gasteiger partial charge in [-0.25, -0.2) is 4.98 Å². The smallest absolute Gasteiger partial charge is 0.0922 e. The van der Waals surface area contributed by atoms with Gasteiger partial charge >= 0.3 is 0 Å². The van der Waals surface area contributed by atoms with E-state index in [1.54, 1.807) is 6.33 Å². The molecule has 0 radical (unpaired) electrons. The Bertz CT molecular complexity index is 650. The normalized spacial score (nSPS) is 24.1. The molecule has 2 saturated heterocycles. The molecular weight excluding hydrogens is 312 g/mol. The SMILES string of the molecule is OCC1CN(Cc2ccccc2)CC12CCN(Cc1cnc[nH]1)CC2. The summed E-state index contributed by atoms with van der Waals surface area (Å²) in [5.74, 6) is 0.408. The molecule has 1 atom stereocenters. The molecule has 0 aliphatic carbocycles. The summed E-state index contributed by atoms with van der Waals surface area (Å²) in [5, 5.41) is 9.99. The van der Waals surface area contributed by atoms with Crippen LogP contribution in [0.2, 0.25) is 0 Å². The Balaban J connectivity index is 1.37. The van der Waals surface area contributed by atoms with Gasteiger partial charge in [-0.15, -0.1) is 0 Å². The Morgan fingerprint density at radius 3 is 2.60 bits per heavy atom. The van der Waals surface area contributed by atoms with Crippen LogP contribution in [-0.4, -0.2) is 57.7 Å². The van der Waals surface area contributed by atoms with Crippen molar-refractivity contribution in [2.75, 3.05) is 32.8 Å². The van der Waals surface area contributed by atoms with E-state index < -0.39 is 0 Å². The molecule has 25 heavy (non-hydrogen) atoms. The Morgan fingerprint density at radius 2 is 1.92 bits per heavy atom. The van der Waals surface area contributed by atoms with Crippen LogP contribution in [0, 0.1) is 11.3 Å². The third kappa shape index (κ3) is 3.64. The van der Waals surface area contributed by atoms with Crippen molar-refractivity contribution < 1.29 is 5.11 Å². The molecule has 1 unspecified atom stereocenters. The largest absolute Gasteiger partial charge is 0.396 e. The van der Waals surface area contributed by atoms with Crippen LogP contribution >= 0.6 is 0 Å². The van der Waals surface area contributed by atoms with Gasteiger partial charge in [-0.05, 0) is 36.9 Å². The first-order valence-corrected chi connectivity index (χ1v) is 9.34. The number of benzene rings is 1. The minimum atomic E-state index is 0.286. The zero-order valence-electron chi connectivity index (χ0n) is 14.8. The number of aromatic amines is 1. The number of nitrogens with zero attached hydrogens (tertiary/aromatic N) is 3. The summed E-state index contributed by atoms with van der Waals surface area (Å²) in [4.78, 5) is 12.4. The summed E-state index contributed by atoms with van der Waals surface area (Å²) < 4.78 is 0. The van der Waals surface area contributed by atoms with Crippen molar-refractivity contribution in [3.8, 4) is 0 Å². The summed E-state index contributed by atoms with van der Waals surface area (Å²) in [6.45, 7) is 6.61. The number of imidazole rings is 1. The molecule has 0 saturated carbocycles. The number of aromatic nitrogens is 2. The first-order valence-electron chi connectivity index (χ1n) is 9.34. The van der Waals surface area contributed by atoms with Crippen LogP contribution in [0.3, 0.4) is 0 Å². The van der Waals surface area contributed by atoms with Crippen molar-refractivity contribution in [3.63, 3.8) is 0 Å². The zero-order chi connectivity index (χ0) is 17.1. The molecule has 0 bridgehead atoms. The first kappa shape index (κ1) is 16.8. The standard InChI is InChI=1S/C20H28N4O/c25-14-18-12-24(11-17-4-2-1-3-5-17)15-20(18)6-8-23(9-7-20)13-19-10-21-16-22-19/h1-5,10,16,18,25H,6-9,11-15H2,(H,21,22). The van der Waals surface area contributed by atoms with E-state index in [1.165, 1.54) is 24.1 Å². The second kappa shape index (κ2) is 7.28. The third-order valence-corrected chi connectivity index (χ3v) is 6.15. The number of nitrogens with one attached hydrogen (secondary N) is 1. The van der Waals surface area contributed by atoms with Crippen molar-refractivity contribution in [1.29, 1.82) is 0 Å². The third-order valence-electron chi connectivity index (χ3n) is 6.15. The molecule has 2 aliphatic heterocycles. The molecule has 5 nitrogen and oxygen atoms in total. The van der Waals surface area contributed by atoms with E-state index in [0.717, 1.165) is 39.3 Å². The minimum absolute atomic E-state index is 0.286. The maximum atomic E-state index is 9.99. The van der Waals surface area contributed by atoms with Gasteiger partial charge in [0.05, 0.1) is 6.33 Å². The van der Waals surface area contributed by atoms with Crippen molar-refractivity contribution in [2.24, 2.45) is 11.3 Å². The van der Waals surface area contributed by atoms with Crippen LogP contribution in [0.5, 0.6) is 0 Å². The predicted molar refractivity (Wildman–Crippen MR) is 97.8 cm³/mol. The van der Waals surface area contributed by atoms with E-state index in [4.69, 9.17) is 0 Å². The monoisotopic (exact) mass is 340 g/mol. The molecule has 1 aromatic heterocycles. The van der Waals surface area contributed by atoms with Gasteiger partial charge in [0.25, 0.3) is 0 Å². The highest BCUT2D eigenvalue weighted by atomic mass is 16.3. The second-order valence-corrected chi connectivity index (χ2v) is 7.75. The van der Waals surface area contributed by atoms with Crippen molar-refractivity contribution in [2.45, 2.75) is 25.9 Å². The topological polar surface area (TPSA) is 55.4 Å². The fourth-order valence-electron chi connectivity index (χ4n) is 4.69. The molecule has 134 valence electrons.